The van der Waals surface area contributed by atoms with Crippen molar-refractivity contribution < 1.29 is 13.2 Å². The van der Waals surface area contributed by atoms with Crippen molar-refractivity contribution in [2.45, 2.75) is 38.4 Å². The van der Waals surface area contributed by atoms with Crippen molar-refractivity contribution in [1.82, 2.24) is 15.0 Å². The Kier molecular flexibility index (Phi) is 6.21. The summed E-state index contributed by atoms with van der Waals surface area (Å²) in [5.74, 6) is 1.07. The second kappa shape index (κ2) is 8.62. The van der Waals surface area contributed by atoms with E-state index in [1.807, 2.05) is 12.1 Å². The highest BCUT2D eigenvalue weighted by atomic mass is 19.4. The average molecular weight is 394 g/mol. The lowest BCUT2D eigenvalue weighted by Gasteiger charge is -2.21. The zero-order chi connectivity index (χ0) is 20.1. The van der Waals surface area contributed by atoms with E-state index in [-0.39, 0.29) is 11.8 Å². The molecule has 2 aromatic rings. The first-order valence-corrected chi connectivity index (χ1v) is 9.40. The number of nitrogens with one attached hydrogen (secondary N) is 1. The molecule has 0 spiro atoms. The van der Waals surface area contributed by atoms with Crippen LogP contribution in [-0.4, -0.2) is 42.1 Å². The van der Waals surface area contributed by atoms with Gasteiger partial charge < -0.3 is 15.1 Å². The average Bonchev–Trinajstić information content (AvgIpc) is 2.95. The van der Waals surface area contributed by atoms with Gasteiger partial charge in [-0.2, -0.15) is 18.2 Å². The minimum Gasteiger partial charge on any atom is -0.363 e. The molecule has 0 bridgehead atoms. The minimum absolute atomic E-state index is 0.0601. The smallest absolute Gasteiger partial charge is 0.363 e. The van der Waals surface area contributed by atoms with Crippen LogP contribution >= 0.6 is 0 Å². The third-order valence-electron chi connectivity index (χ3n) is 4.65. The van der Waals surface area contributed by atoms with Crippen molar-refractivity contribution in [2.24, 2.45) is 0 Å². The van der Waals surface area contributed by atoms with Crippen LogP contribution in [0.4, 0.5) is 30.8 Å². The van der Waals surface area contributed by atoms with Crippen molar-refractivity contribution in [1.29, 1.82) is 0 Å². The van der Waals surface area contributed by atoms with Crippen LogP contribution in [0.3, 0.4) is 0 Å². The number of halogens is 3. The molecule has 1 fully saturated rings. The van der Waals surface area contributed by atoms with Crippen LogP contribution in [0.15, 0.2) is 24.4 Å². The molecule has 3 rings (SSSR count). The Morgan fingerprint density at radius 3 is 2.36 bits per heavy atom. The van der Waals surface area contributed by atoms with Crippen LogP contribution in [0.2, 0.25) is 0 Å². The molecular weight excluding hydrogens is 369 g/mol. The molecule has 152 valence electrons. The first-order chi connectivity index (χ1) is 13.3. The Morgan fingerprint density at radius 2 is 1.79 bits per heavy atom. The fourth-order valence-corrected chi connectivity index (χ4v) is 3.08. The van der Waals surface area contributed by atoms with Crippen molar-refractivity contribution >= 4 is 17.6 Å². The molecule has 0 atom stereocenters. The third kappa shape index (κ3) is 5.24. The standard InChI is InChI=1S/C19H25F3N6/c1-27(2)17-11-15(19(20,21)22)25-18(26-17)24-13-14-7-8-16(23-12-14)28-9-5-3-4-6-10-28/h7-8,11-12H,3-6,9-10,13H2,1-2H3,(H,24,25,26). The molecule has 0 amide bonds. The lowest BCUT2D eigenvalue weighted by atomic mass is 10.2. The van der Waals surface area contributed by atoms with Gasteiger partial charge in [0.15, 0.2) is 5.69 Å². The first-order valence-electron chi connectivity index (χ1n) is 9.40. The van der Waals surface area contributed by atoms with Gasteiger partial charge in [0.2, 0.25) is 5.95 Å². The summed E-state index contributed by atoms with van der Waals surface area (Å²) in [6, 6.07) is 4.82. The summed E-state index contributed by atoms with van der Waals surface area (Å²) in [5.41, 5.74) is -0.116. The van der Waals surface area contributed by atoms with Gasteiger partial charge in [0.05, 0.1) is 0 Å². The van der Waals surface area contributed by atoms with Crippen molar-refractivity contribution in [3.8, 4) is 0 Å². The maximum atomic E-state index is 13.1. The van der Waals surface area contributed by atoms with E-state index in [4.69, 9.17) is 0 Å². The lowest BCUT2D eigenvalue weighted by molar-refractivity contribution is -0.141. The number of alkyl halides is 3. The summed E-state index contributed by atoms with van der Waals surface area (Å²) in [7, 11) is 3.27. The second-order valence-electron chi connectivity index (χ2n) is 7.11. The van der Waals surface area contributed by atoms with E-state index in [9.17, 15) is 13.2 Å². The van der Waals surface area contributed by atoms with E-state index in [1.54, 1.807) is 20.3 Å². The second-order valence-corrected chi connectivity index (χ2v) is 7.11. The molecule has 0 radical (unpaired) electrons. The number of aromatic nitrogens is 3. The number of hydrogen-bond donors (Lipinski definition) is 1. The van der Waals surface area contributed by atoms with Gasteiger partial charge in [-0.1, -0.05) is 18.9 Å². The van der Waals surface area contributed by atoms with Crippen LogP contribution in [0.1, 0.15) is 36.9 Å². The Labute approximate surface area is 162 Å². The molecule has 1 aliphatic rings. The van der Waals surface area contributed by atoms with Crippen LogP contribution in [0.5, 0.6) is 0 Å². The van der Waals surface area contributed by atoms with Crippen LogP contribution < -0.4 is 15.1 Å². The van der Waals surface area contributed by atoms with Gasteiger partial charge in [-0.15, -0.1) is 0 Å². The predicted molar refractivity (Wildman–Crippen MR) is 104 cm³/mol. The van der Waals surface area contributed by atoms with E-state index >= 15 is 0 Å². The molecule has 0 aliphatic carbocycles. The summed E-state index contributed by atoms with van der Waals surface area (Å²) < 4.78 is 39.2. The summed E-state index contributed by atoms with van der Waals surface area (Å²) >= 11 is 0. The van der Waals surface area contributed by atoms with Crippen molar-refractivity contribution in [3.63, 3.8) is 0 Å². The Balaban J connectivity index is 1.68. The zero-order valence-corrected chi connectivity index (χ0v) is 16.1. The number of nitrogens with zero attached hydrogens (tertiary/aromatic N) is 5. The fourth-order valence-electron chi connectivity index (χ4n) is 3.08. The van der Waals surface area contributed by atoms with Gasteiger partial charge >= 0.3 is 6.18 Å². The maximum Gasteiger partial charge on any atom is 0.433 e. The SMILES string of the molecule is CN(C)c1cc(C(F)(F)F)nc(NCc2ccc(N3CCCCCC3)nc2)n1. The van der Waals surface area contributed by atoms with E-state index in [2.05, 4.69) is 25.2 Å². The number of anilines is 3. The molecule has 1 aliphatic heterocycles. The van der Waals surface area contributed by atoms with E-state index in [0.29, 0.717) is 6.54 Å². The molecule has 1 saturated heterocycles. The van der Waals surface area contributed by atoms with Crippen LogP contribution in [0, 0.1) is 0 Å². The number of hydrogen-bond acceptors (Lipinski definition) is 6. The molecule has 0 unspecified atom stereocenters. The monoisotopic (exact) mass is 394 g/mol. The minimum atomic E-state index is -4.53. The molecule has 3 heterocycles. The molecular formula is C19H25F3N6. The molecule has 9 heteroatoms. The summed E-state index contributed by atoms with van der Waals surface area (Å²) in [4.78, 5) is 16.0. The normalized spacial score (nSPS) is 15.2. The highest BCUT2D eigenvalue weighted by Crippen LogP contribution is 2.30. The van der Waals surface area contributed by atoms with Gasteiger partial charge in [-0.25, -0.2) is 9.97 Å². The highest BCUT2D eigenvalue weighted by molar-refractivity contribution is 5.45. The molecule has 2 aromatic heterocycles. The lowest BCUT2D eigenvalue weighted by Crippen LogP contribution is -2.24. The molecule has 6 nitrogen and oxygen atoms in total. The Morgan fingerprint density at radius 1 is 1.07 bits per heavy atom. The largest absolute Gasteiger partial charge is 0.433 e. The summed E-state index contributed by atoms with van der Waals surface area (Å²) in [5, 5.41) is 2.88. The summed E-state index contributed by atoms with van der Waals surface area (Å²) in [6.45, 7) is 2.31. The summed E-state index contributed by atoms with van der Waals surface area (Å²) in [6.07, 6.45) is 2.07. The van der Waals surface area contributed by atoms with Gasteiger partial charge in [-0.05, 0) is 24.5 Å². The molecule has 0 saturated carbocycles. The van der Waals surface area contributed by atoms with E-state index in [0.717, 1.165) is 30.5 Å². The Hall–Kier alpha value is -2.58. The van der Waals surface area contributed by atoms with Gasteiger partial charge in [0, 0.05) is 46.0 Å². The molecule has 1 N–H and O–H groups in total. The number of rotatable bonds is 5. The van der Waals surface area contributed by atoms with Crippen LogP contribution in [0.25, 0.3) is 0 Å². The number of pyridine rings is 1. The van der Waals surface area contributed by atoms with Crippen molar-refractivity contribution in [3.05, 3.63) is 35.7 Å². The molecule has 0 aromatic carbocycles. The predicted octanol–water partition coefficient (Wildman–Crippen LogP) is 3.95. The van der Waals surface area contributed by atoms with E-state index in [1.165, 1.54) is 30.6 Å². The van der Waals surface area contributed by atoms with Crippen LogP contribution in [-0.2, 0) is 12.7 Å². The van der Waals surface area contributed by atoms with Gasteiger partial charge in [-0.3, -0.25) is 0 Å². The first kappa shape index (κ1) is 20.2. The van der Waals surface area contributed by atoms with Crippen molar-refractivity contribution in [2.75, 3.05) is 42.3 Å². The fraction of sp³-hybridized carbons (Fsp3) is 0.526. The van der Waals surface area contributed by atoms with Gasteiger partial charge in [0.1, 0.15) is 11.6 Å². The zero-order valence-electron chi connectivity index (χ0n) is 16.1. The Bertz CT molecular complexity index is 768. The quantitative estimate of drug-likeness (QED) is 0.829. The third-order valence-corrected chi connectivity index (χ3v) is 4.65. The van der Waals surface area contributed by atoms with Gasteiger partial charge in [0.25, 0.3) is 0 Å². The maximum absolute atomic E-state index is 13.1. The van der Waals surface area contributed by atoms with E-state index < -0.39 is 11.9 Å². The highest BCUT2D eigenvalue weighted by Gasteiger charge is 2.34. The molecule has 28 heavy (non-hydrogen) atoms. The topological polar surface area (TPSA) is 57.2 Å².